The van der Waals surface area contributed by atoms with E-state index in [1.165, 1.54) is 15.5 Å². The first-order chi connectivity index (χ1) is 9.77. The van der Waals surface area contributed by atoms with E-state index >= 15 is 0 Å². The summed E-state index contributed by atoms with van der Waals surface area (Å²) in [5.41, 5.74) is 1.05. The summed E-state index contributed by atoms with van der Waals surface area (Å²) < 4.78 is 0. The minimum absolute atomic E-state index is 0.0278. The van der Waals surface area contributed by atoms with E-state index in [-0.39, 0.29) is 18.0 Å². The molecule has 0 aliphatic carbocycles. The van der Waals surface area contributed by atoms with Crippen LogP contribution in [0, 0.1) is 0 Å². The quantitative estimate of drug-likeness (QED) is 0.623. The van der Waals surface area contributed by atoms with Gasteiger partial charge in [-0.3, -0.25) is 0 Å². The molecule has 1 unspecified atom stereocenters. The Morgan fingerprint density at radius 3 is 2.15 bits per heavy atom. The van der Waals surface area contributed by atoms with E-state index in [0.29, 0.717) is 12.8 Å². The Hall–Kier alpha value is -1.16. The van der Waals surface area contributed by atoms with Crippen LogP contribution in [-0.4, -0.2) is 49.7 Å². The zero-order valence-electron chi connectivity index (χ0n) is 11.3. The second kappa shape index (κ2) is 6.08. The van der Waals surface area contributed by atoms with Gasteiger partial charge in [-0.25, -0.2) is 0 Å². The van der Waals surface area contributed by atoms with Crippen molar-refractivity contribution in [2.24, 2.45) is 0 Å². The molecule has 0 aromatic heterocycles. The van der Waals surface area contributed by atoms with Crippen molar-refractivity contribution in [2.75, 3.05) is 13.1 Å². The third-order valence-electron chi connectivity index (χ3n) is 3.82. The molecular formula is C15H18N2O2Se. The van der Waals surface area contributed by atoms with Crippen LogP contribution in [0.4, 0.5) is 0 Å². The van der Waals surface area contributed by atoms with Crippen molar-refractivity contribution in [3.63, 3.8) is 0 Å². The van der Waals surface area contributed by atoms with E-state index in [4.69, 9.17) is 0 Å². The van der Waals surface area contributed by atoms with Crippen LogP contribution < -0.4 is 0 Å². The van der Waals surface area contributed by atoms with Gasteiger partial charge < -0.3 is 0 Å². The molecule has 1 atom stereocenters. The first-order valence-electron chi connectivity index (χ1n) is 6.99. The second-order valence-electron chi connectivity index (χ2n) is 5.09. The number of carbonyl (C=O) groups is 2. The second-order valence-corrected chi connectivity index (χ2v) is 7.66. The van der Waals surface area contributed by atoms with Gasteiger partial charge in [0.25, 0.3) is 0 Å². The molecular weight excluding hydrogens is 319 g/mol. The third-order valence-corrected chi connectivity index (χ3v) is 5.80. The van der Waals surface area contributed by atoms with Gasteiger partial charge in [0.2, 0.25) is 0 Å². The monoisotopic (exact) mass is 338 g/mol. The Labute approximate surface area is 125 Å². The normalized spacial score (nSPS) is 22.3. The molecule has 0 spiro atoms. The summed E-state index contributed by atoms with van der Waals surface area (Å²) in [7, 11) is 0. The molecule has 5 heteroatoms. The fraction of sp³-hybridized carbons (Fsp3) is 0.467. The van der Waals surface area contributed by atoms with Crippen LogP contribution >= 0.6 is 0 Å². The Morgan fingerprint density at radius 2 is 1.55 bits per heavy atom. The molecule has 2 aliphatic rings. The molecule has 4 nitrogen and oxygen atoms in total. The number of imide groups is 1. The Kier molecular flexibility index (Phi) is 4.20. The molecule has 1 aromatic rings. The molecule has 2 fully saturated rings. The summed E-state index contributed by atoms with van der Waals surface area (Å²) in [4.78, 5) is 28.0. The first kappa shape index (κ1) is 13.8. The van der Waals surface area contributed by atoms with Crippen molar-refractivity contribution in [3.05, 3.63) is 35.9 Å². The molecule has 2 aliphatic heterocycles. The molecule has 2 heterocycles. The van der Waals surface area contributed by atoms with Gasteiger partial charge in [0.15, 0.2) is 0 Å². The average Bonchev–Trinajstić information content (AvgIpc) is 2.82. The van der Waals surface area contributed by atoms with Crippen molar-refractivity contribution in [2.45, 2.75) is 29.6 Å². The summed E-state index contributed by atoms with van der Waals surface area (Å²) in [5, 5.41) is 2.40. The number of rotatable bonds is 3. The van der Waals surface area contributed by atoms with Crippen LogP contribution in [0.25, 0.3) is 0 Å². The Balaban J connectivity index is 1.94. The van der Waals surface area contributed by atoms with E-state index < -0.39 is 0 Å². The summed E-state index contributed by atoms with van der Waals surface area (Å²) in [5.74, 6) is -0.0557. The van der Waals surface area contributed by atoms with Crippen LogP contribution in [0.1, 0.15) is 24.6 Å². The number of nitrogens with zero attached hydrogens (tertiary/aromatic N) is 2. The fourth-order valence-corrected chi connectivity index (χ4v) is 4.79. The number of likely N-dealkylation sites (tertiary alicyclic amines) is 1. The van der Waals surface area contributed by atoms with E-state index in [2.05, 4.69) is 4.90 Å². The van der Waals surface area contributed by atoms with Crippen LogP contribution in [0.2, 0.25) is 10.6 Å². The van der Waals surface area contributed by atoms with Crippen LogP contribution in [0.15, 0.2) is 30.3 Å². The number of hydrogen-bond donors (Lipinski definition) is 0. The fourth-order valence-electron chi connectivity index (χ4n) is 2.84. The van der Waals surface area contributed by atoms with Gasteiger partial charge in [-0.2, -0.15) is 0 Å². The predicted octanol–water partition coefficient (Wildman–Crippen LogP) is 1.69. The standard InChI is InChI=1S/C15H18N2O2Se/c18-13-6-7-14(19)17(13)15(12-4-2-1-3-5-12)16-8-10-20-11-9-16/h1-5,15H,6-11H2. The van der Waals surface area contributed by atoms with Gasteiger partial charge in [-0.1, -0.05) is 0 Å². The van der Waals surface area contributed by atoms with Crippen molar-refractivity contribution in [1.82, 2.24) is 9.80 Å². The number of carbonyl (C=O) groups excluding carboxylic acids is 2. The first-order valence-corrected chi connectivity index (χ1v) is 9.41. The molecule has 0 N–H and O–H groups in total. The molecule has 0 bridgehead atoms. The van der Waals surface area contributed by atoms with E-state index in [0.717, 1.165) is 33.6 Å². The minimum atomic E-state index is -0.199. The zero-order valence-corrected chi connectivity index (χ0v) is 13.0. The molecule has 2 amide bonds. The Bertz CT molecular complexity index is 484. The zero-order chi connectivity index (χ0) is 13.9. The molecule has 20 heavy (non-hydrogen) atoms. The number of benzene rings is 1. The molecule has 0 radical (unpaired) electrons. The maximum absolute atomic E-state index is 12.1. The molecule has 0 saturated carbocycles. The summed E-state index contributed by atoms with van der Waals surface area (Å²) in [6, 6.07) is 9.95. The molecule has 3 rings (SSSR count). The summed E-state index contributed by atoms with van der Waals surface area (Å²) in [6.45, 7) is 1.97. The predicted molar refractivity (Wildman–Crippen MR) is 77.2 cm³/mol. The average molecular weight is 337 g/mol. The third kappa shape index (κ3) is 2.66. The maximum atomic E-state index is 12.1. The number of hydrogen-bond acceptors (Lipinski definition) is 3. The van der Waals surface area contributed by atoms with E-state index in [1.54, 1.807) is 0 Å². The number of amides is 2. The Morgan fingerprint density at radius 1 is 0.950 bits per heavy atom. The SMILES string of the molecule is O=C1CCC(=O)N1C(c1ccccc1)N1CC[Se]CC1. The van der Waals surface area contributed by atoms with E-state index in [1.807, 2.05) is 30.3 Å². The summed E-state index contributed by atoms with van der Waals surface area (Å²) in [6.07, 6.45) is 0.523. The molecule has 1 aromatic carbocycles. The van der Waals surface area contributed by atoms with Gasteiger partial charge in [-0.15, -0.1) is 0 Å². The van der Waals surface area contributed by atoms with Gasteiger partial charge in [0, 0.05) is 0 Å². The van der Waals surface area contributed by atoms with Gasteiger partial charge in [-0.05, 0) is 0 Å². The molecule has 2 saturated heterocycles. The van der Waals surface area contributed by atoms with E-state index in [9.17, 15) is 9.59 Å². The van der Waals surface area contributed by atoms with Crippen molar-refractivity contribution in [3.8, 4) is 0 Å². The molecule has 106 valence electrons. The van der Waals surface area contributed by atoms with Crippen molar-refractivity contribution >= 4 is 26.8 Å². The topological polar surface area (TPSA) is 40.6 Å². The van der Waals surface area contributed by atoms with Gasteiger partial charge >= 0.3 is 125 Å². The van der Waals surface area contributed by atoms with Gasteiger partial charge in [0.05, 0.1) is 0 Å². The van der Waals surface area contributed by atoms with Crippen LogP contribution in [0.3, 0.4) is 0 Å². The van der Waals surface area contributed by atoms with Crippen molar-refractivity contribution < 1.29 is 9.59 Å². The van der Waals surface area contributed by atoms with Crippen molar-refractivity contribution in [1.29, 1.82) is 0 Å². The van der Waals surface area contributed by atoms with Crippen LogP contribution in [0.5, 0.6) is 0 Å². The van der Waals surface area contributed by atoms with Gasteiger partial charge in [0.1, 0.15) is 0 Å². The summed E-state index contributed by atoms with van der Waals surface area (Å²) >= 11 is 0.719. The van der Waals surface area contributed by atoms with Crippen LogP contribution in [-0.2, 0) is 9.59 Å².